The minimum Gasteiger partial charge on any atom is -0.394 e. The van der Waals surface area contributed by atoms with Gasteiger partial charge >= 0.3 is 0 Å². The molecular weight excluding hydrogens is 216 g/mol. The summed E-state index contributed by atoms with van der Waals surface area (Å²) in [7, 11) is 0. The van der Waals surface area contributed by atoms with Crippen LogP contribution in [0.5, 0.6) is 0 Å². The molecule has 1 heterocycles. The molecule has 0 aliphatic carbocycles. The predicted octanol–water partition coefficient (Wildman–Crippen LogP) is 2.82. The normalized spacial score (nSPS) is 27.5. The van der Waals surface area contributed by atoms with Gasteiger partial charge in [-0.3, -0.25) is 0 Å². The number of aliphatic hydroxyl groups is 1. The molecule has 3 nitrogen and oxygen atoms in total. The molecule has 1 aliphatic heterocycles. The maximum atomic E-state index is 9.20. The molecule has 0 bridgehead atoms. The Hall–Kier alpha value is -0.900. The topological polar surface area (TPSA) is 38.7 Å². The van der Waals surface area contributed by atoms with Crippen LogP contribution in [0, 0.1) is 6.92 Å². The second kappa shape index (κ2) is 6.74. The van der Waals surface area contributed by atoms with Crippen molar-refractivity contribution < 1.29 is 14.6 Å². The van der Waals surface area contributed by atoms with Crippen LogP contribution >= 0.6 is 0 Å². The minimum absolute atomic E-state index is 0.0106. The van der Waals surface area contributed by atoms with E-state index in [-0.39, 0.29) is 25.1 Å². The number of ether oxygens (including phenoxy) is 2. The average Bonchev–Trinajstić information content (AvgIpc) is 2.73. The van der Waals surface area contributed by atoms with Gasteiger partial charge in [-0.1, -0.05) is 38.1 Å². The fraction of sp³-hybridized carbons (Fsp3) is 0.571. The van der Waals surface area contributed by atoms with Gasteiger partial charge in [-0.2, -0.15) is 0 Å². The summed E-state index contributed by atoms with van der Waals surface area (Å²) < 4.78 is 11.1. The van der Waals surface area contributed by atoms with Gasteiger partial charge in [0.05, 0.1) is 6.61 Å². The first-order chi connectivity index (χ1) is 8.22. The molecular formula is C14H22O3. The number of aryl methyl sites for hydroxylation is 1. The van der Waals surface area contributed by atoms with Crippen molar-refractivity contribution in [1.29, 1.82) is 0 Å². The van der Waals surface area contributed by atoms with E-state index in [1.54, 1.807) is 0 Å². The van der Waals surface area contributed by atoms with Crippen LogP contribution in [0.15, 0.2) is 24.3 Å². The lowest BCUT2D eigenvalue weighted by molar-refractivity contribution is -0.0564. The number of aliphatic hydroxyl groups excluding tert-OH is 1. The van der Waals surface area contributed by atoms with Crippen molar-refractivity contribution in [3.05, 3.63) is 35.4 Å². The Morgan fingerprint density at radius 1 is 1.18 bits per heavy atom. The van der Waals surface area contributed by atoms with Gasteiger partial charge in [-0.15, -0.1) is 0 Å². The average molecular weight is 238 g/mol. The quantitative estimate of drug-likeness (QED) is 0.861. The standard InChI is InChI=1S/C12H16O3.C2H6/c1-8-5-3-4-6-10(8)12-11(7-13)14-9(2)15-12;1-2/h3-6,9,11-13H,7H2,1-2H3;1-2H3. The molecule has 1 aromatic carbocycles. The molecule has 3 unspecified atom stereocenters. The van der Waals surface area contributed by atoms with Crippen LogP contribution in [0.3, 0.4) is 0 Å². The summed E-state index contributed by atoms with van der Waals surface area (Å²) in [4.78, 5) is 0. The molecule has 2 rings (SSSR count). The highest BCUT2D eigenvalue weighted by atomic mass is 16.7. The van der Waals surface area contributed by atoms with Gasteiger partial charge in [0.25, 0.3) is 0 Å². The van der Waals surface area contributed by atoms with E-state index in [2.05, 4.69) is 0 Å². The van der Waals surface area contributed by atoms with E-state index < -0.39 is 0 Å². The van der Waals surface area contributed by atoms with Gasteiger partial charge in [0.1, 0.15) is 12.2 Å². The Balaban J connectivity index is 0.000000686. The molecule has 17 heavy (non-hydrogen) atoms. The van der Waals surface area contributed by atoms with Crippen LogP contribution in [-0.4, -0.2) is 24.1 Å². The lowest BCUT2D eigenvalue weighted by atomic mass is 10.00. The van der Waals surface area contributed by atoms with Gasteiger partial charge in [0.2, 0.25) is 0 Å². The summed E-state index contributed by atoms with van der Waals surface area (Å²) in [5, 5.41) is 9.20. The van der Waals surface area contributed by atoms with Crippen molar-refractivity contribution in [2.24, 2.45) is 0 Å². The Morgan fingerprint density at radius 3 is 2.41 bits per heavy atom. The molecule has 3 atom stereocenters. The zero-order valence-electron chi connectivity index (χ0n) is 11.0. The van der Waals surface area contributed by atoms with E-state index in [4.69, 9.17) is 9.47 Å². The maximum absolute atomic E-state index is 9.20. The minimum atomic E-state index is -0.249. The maximum Gasteiger partial charge on any atom is 0.156 e. The van der Waals surface area contributed by atoms with Crippen molar-refractivity contribution >= 4 is 0 Å². The van der Waals surface area contributed by atoms with Gasteiger partial charge in [0.15, 0.2) is 6.29 Å². The Kier molecular flexibility index (Phi) is 5.62. The third-order valence-electron chi connectivity index (χ3n) is 2.72. The van der Waals surface area contributed by atoms with Crippen molar-refractivity contribution in [3.8, 4) is 0 Å². The Labute approximate surface area is 103 Å². The zero-order valence-corrected chi connectivity index (χ0v) is 11.0. The van der Waals surface area contributed by atoms with Gasteiger partial charge in [-0.05, 0) is 25.0 Å². The van der Waals surface area contributed by atoms with Crippen molar-refractivity contribution in [2.45, 2.75) is 46.2 Å². The van der Waals surface area contributed by atoms with Crippen LogP contribution in [0.4, 0.5) is 0 Å². The lowest BCUT2D eigenvalue weighted by Gasteiger charge is -2.16. The largest absolute Gasteiger partial charge is 0.394 e. The van der Waals surface area contributed by atoms with Crippen LogP contribution in [0.2, 0.25) is 0 Å². The summed E-state index contributed by atoms with van der Waals surface area (Å²) in [6, 6.07) is 8.02. The van der Waals surface area contributed by atoms with Gasteiger partial charge in [0, 0.05) is 0 Å². The van der Waals surface area contributed by atoms with Crippen LogP contribution < -0.4 is 0 Å². The smallest absolute Gasteiger partial charge is 0.156 e. The number of benzene rings is 1. The van der Waals surface area contributed by atoms with E-state index in [9.17, 15) is 5.11 Å². The number of hydrogen-bond donors (Lipinski definition) is 1. The van der Waals surface area contributed by atoms with Crippen molar-refractivity contribution in [3.63, 3.8) is 0 Å². The molecule has 0 saturated carbocycles. The van der Waals surface area contributed by atoms with E-state index in [1.165, 1.54) is 5.56 Å². The summed E-state index contributed by atoms with van der Waals surface area (Å²) in [5.74, 6) is 0. The molecule has 0 spiro atoms. The van der Waals surface area contributed by atoms with Crippen LogP contribution in [0.1, 0.15) is 38.0 Å². The first-order valence-electron chi connectivity index (χ1n) is 6.19. The fourth-order valence-electron chi connectivity index (χ4n) is 1.96. The molecule has 3 heteroatoms. The molecule has 1 saturated heterocycles. The predicted molar refractivity (Wildman–Crippen MR) is 67.8 cm³/mol. The Morgan fingerprint density at radius 2 is 1.82 bits per heavy atom. The number of hydrogen-bond acceptors (Lipinski definition) is 3. The summed E-state index contributed by atoms with van der Waals surface area (Å²) in [5.41, 5.74) is 2.26. The second-order valence-electron chi connectivity index (χ2n) is 3.84. The van der Waals surface area contributed by atoms with E-state index in [0.717, 1.165) is 5.56 Å². The van der Waals surface area contributed by atoms with Gasteiger partial charge < -0.3 is 14.6 Å². The SMILES string of the molecule is CC.Cc1ccccc1C1OC(C)OC1CO. The van der Waals surface area contributed by atoms with Crippen LogP contribution in [0.25, 0.3) is 0 Å². The number of rotatable bonds is 2. The molecule has 0 amide bonds. The molecule has 1 aromatic rings. The van der Waals surface area contributed by atoms with E-state index in [0.29, 0.717) is 0 Å². The zero-order chi connectivity index (χ0) is 12.8. The first kappa shape index (κ1) is 14.2. The lowest BCUT2D eigenvalue weighted by Crippen LogP contribution is -2.20. The van der Waals surface area contributed by atoms with E-state index in [1.807, 2.05) is 52.0 Å². The summed E-state index contributed by atoms with van der Waals surface area (Å²) in [6.45, 7) is 7.88. The van der Waals surface area contributed by atoms with Crippen molar-refractivity contribution in [1.82, 2.24) is 0 Å². The van der Waals surface area contributed by atoms with Crippen LogP contribution in [-0.2, 0) is 9.47 Å². The summed E-state index contributed by atoms with van der Waals surface area (Å²) in [6.07, 6.45) is -0.640. The highest BCUT2D eigenvalue weighted by molar-refractivity contribution is 5.29. The monoisotopic (exact) mass is 238 g/mol. The van der Waals surface area contributed by atoms with Gasteiger partial charge in [-0.25, -0.2) is 0 Å². The summed E-state index contributed by atoms with van der Waals surface area (Å²) >= 11 is 0. The third-order valence-corrected chi connectivity index (χ3v) is 2.72. The van der Waals surface area contributed by atoms with E-state index >= 15 is 0 Å². The second-order valence-corrected chi connectivity index (χ2v) is 3.84. The molecule has 1 aliphatic rings. The van der Waals surface area contributed by atoms with Crippen molar-refractivity contribution in [2.75, 3.05) is 6.61 Å². The first-order valence-corrected chi connectivity index (χ1v) is 6.19. The molecule has 1 N–H and O–H groups in total. The highest BCUT2D eigenvalue weighted by Crippen LogP contribution is 2.33. The molecule has 96 valence electrons. The Bertz CT molecular complexity index is 338. The molecule has 1 fully saturated rings. The molecule has 0 radical (unpaired) electrons. The third kappa shape index (κ3) is 3.28. The highest BCUT2D eigenvalue weighted by Gasteiger charge is 2.34. The fourth-order valence-corrected chi connectivity index (χ4v) is 1.96. The molecule has 0 aromatic heterocycles.